The van der Waals surface area contributed by atoms with Gasteiger partial charge in [0.05, 0.1) is 13.7 Å². The molecule has 0 bridgehead atoms. The van der Waals surface area contributed by atoms with Crippen molar-refractivity contribution in [3.05, 3.63) is 28.4 Å². The lowest BCUT2D eigenvalue weighted by Gasteiger charge is -2.17. The van der Waals surface area contributed by atoms with Crippen LogP contribution in [0.25, 0.3) is 0 Å². The number of carbonyl (C=O) groups is 1. The van der Waals surface area contributed by atoms with E-state index in [4.69, 9.17) is 9.84 Å². The Morgan fingerprint density at radius 3 is 2.75 bits per heavy atom. The summed E-state index contributed by atoms with van der Waals surface area (Å²) in [4.78, 5) is 27.1. The van der Waals surface area contributed by atoms with E-state index in [0.717, 1.165) is 11.7 Å². The minimum atomic E-state index is -1.42. The Morgan fingerprint density at radius 1 is 1.50 bits per heavy atom. The Hall–Kier alpha value is -1.81. The van der Waals surface area contributed by atoms with Crippen molar-refractivity contribution in [2.24, 2.45) is 0 Å². The highest BCUT2D eigenvalue weighted by atomic mass is 16.6. The first kappa shape index (κ1) is 14.6. The van der Waals surface area contributed by atoms with Gasteiger partial charge in [-0.05, 0) is 0 Å². The molecule has 1 aliphatic heterocycles. The van der Waals surface area contributed by atoms with Gasteiger partial charge in [-0.25, -0.2) is 9.78 Å². The van der Waals surface area contributed by atoms with Crippen molar-refractivity contribution in [2.75, 3.05) is 13.7 Å². The number of methoxy groups -OCH3 is 1. The maximum absolute atomic E-state index is 12.1. The highest BCUT2D eigenvalue weighted by Gasteiger charge is 2.43. The number of aromatic nitrogens is 2. The maximum Gasteiger partial charge on any atom is 0.362 e. The minimum Gasteiger partial charge on any atom is -0.464 e. The maximum atomic E-state index is 12.1. The van der Waals surface area contributed by atoms with Crippen molar-refractivity contribution >= 4 is 5.97 Å². The van der Waals surface area contributed by atoms with E-state index in [1.165, 1.54) is 12.4 Å². The van der Waals surface area contributed by atoms with Crippen LogP contribution in [0.1, 0.15) is 16.7 Å². The second-order valence-corrected chi connectivity index (χ2v) is 4.21. The van der Waals surface area contributed by atoms with Gasteiger partial charge in [0.25, 0.3) is 5.56 Å². The van der Waals surface area contributed by atoms with E-state index >= 15 is 0 Å². The summed E-state index contributed by atoms with van der Waals surface area (Å²) < 4.78 is 10.5. The molecule has 1 saturated heterocycles. The molecule has 1 aliphatic rings. The van der Waals surface area contributed by atoms with Crippen LogP contribution in [0.3, 0.4) is 0 Å². The summed E-state index contributed by atoms with van der Waals surface area (Å²) in [6, 6.07) is 0. The topological polar surface area (TPSA) is 131 Å². The molecule has 1 fully saturated rings. The van der Waals surface area contributed by atoms with Crippen LogP contribution < -0.4 is 5.56 Å². The molecule has 2 heterocycles. The smallest absolute Gasteiger partial charge is 0.362 e. The summed E-state index contributed by atoms with van der Waals surface area (Å²) in [6.45, 7) is -0.515. The Balaban J connectivity index is 2.40. The first-order valence-corrected chi connectivity index (χ1v) is 5.79. The number of hydrogen-bond donors (Lipinski definition) is 3. The molecule has 0 aromatic carbocycles. The predicted molar refractivity (Wildman–Crippen MR) is 62.8 cm³/mol. The van der Waals surface area contributed by atoms with Gasteiger partial charge in [0.1, 0.15) is 18.3 Å². The first-order valence-electron chi connectivity index (χ1n) is 5.79. The molecule has 0 saturated carbocycles. The highest BCUT2D eigenvalue weighted by Crippen LogP contribution is 2.27. The van der Waals surface area contributed by atoms with Crippen molar-refractivity contribution < 1.29 is 29.6 Å². The van der Waals surface area contributed by atoms with E-state index in [1.807, 2.05) is 0 Å². The van der Waals surface area contributed by atoms with E-state index in [9.17, 15) is 19.8 Å². The van der Waals surface area contributed by atoms with Gasteiger partial charge in [0.15, 0.2) is 6.23 Å². The average Bonchev–Trinajstić information content (AvgIpc) is 2.74. The molecule has 0 unspecified atom stereocenters. The number of rotatable bonds is 3. The zero-order valence-corrected chi connectivity index (χ0v) is 10.5. The number of esters is 1. The monoisotopic (exact) mass is 286 g/mol. The average molecular weight is 286 g/mol. The van der Waals surface area contributed by atoms with Crippen molar-refractivity contribution in [1.82, 2.24) is 9.55 Å². The van der Waals surface area contributed by atoms with E-state index in [1.54, 1.807) is 0 Å². The molecule has 9 nitrogen and oxygen atoms in total. The number of ether oxygens (including phenoxy) is 2. The number of carbonyl (C=O) groups excluding carboxylic acids is 1. The van der Waals surface area contributed by atoms with Crippen LogP contribution >= 0.6 is 0 Å². The van der Waals surface area contributed by atoms with Gasteiger partial charge in [-0.15, -0.1) is 0 Å². The van der Waals surface area contributed by atoms with Gasteiger partial charge in [-0.3, -0.25) is 9.36 Å². The molecular weight excluding hydrogens is 272 g/mol. The van der Waals surface area contributed by atoms with Gasteiger partial charge < -0.3 is 24.8 Å². The molecule has 4 atom stereocenters. The van der Waals surface area contributed by atoms with Crippen molar-refractivity contribution in [3.8, 4) is 0 Å². The van der Waals surface area contributed by atoms with Crippen LogP contribution in [0.15, 0.2) is 17.2 Å². The van der Waals surface area contributed by atoms with E-state index < -0.39 is 48.4 Å². The lowest BCUT2D eigenvalue weighted by atomic mass is 10.1. The SMILES string of the molecule is COC(=O)c1nccn([C@@H]2O[C@@H](CO)[C@H](O)[C@H]2O)c1=O. The fourth-order valence-electron chi connectivity index (χ4n) is 1.97. The Labute approximate surface area is 113 Å². The van der Waals surface area contributed by atoms with Crippen LogP contribution in [-0.2, 0) is 9.47 Å². The predicted octanol–water partition coefficient (Wildman–Crippen LogP) is -2.36. The van der Waals surface area contributed by atoms with Crippen molar-refractivity contribution in [2.45, 2.75) is 24.5 Å². The number of hydrogen-bond acceptors (Lipinski definition) is 8. The standard InChI is InChI=1S/C11H14N2O7/c1-19-11(18)6-9(17)13(3-2-12-6)10-8(16)7(15)5(4-14)20-10/h2-3,5,7-8,10,14-16H,4H2,1H3/t5-,7-,8+,10+/m0/s1. The lowest BCUT2D eigenvalue weighted by Crippen LogP contribution is -2.37. The molecular formula is C11H14N2O7. The van der Waals surface area contributed by atoms with E-state index in [-0.39, 0.29) is 0 Å². The molecule has 2 rings (SSSR count). The molecule has 9 heteroatoms. The van der Waals surface area contributed by atoms with Crippen molar-refractivity contribution in [1.29, 1.82) is 0 Å². The molecule has 110 valence electrons. The molecule has 0 aliphatic carbocycles. The van der Waals surface area contributed by atoms with Crippen LogP contribution in [-0.4, -0.2) is 62.9 Å². The molecule has 0 spiro atoms. The second-order valence-electron chi connectivity index (χ2n) is 4.21. The zero-order chi connectivity index (χ0) is 14.9. The third-order valence-corrected chi connectivity index (χ3v) is 3.04. The van der Waals surface area contributed by atoms with Crippen LogP contribution in [0.4, 0.5) is 0 Å². The lowest BCUT2D eigenvalue weighted by molar-refractivity contribution is -0.0546. The molecule has 1 aromatic rings. The normalized spacial score (nSPS) is 29.4. The number of aliphatic hydroxyl groups is 3. The molecule has 20 heavy (non-hydrogen) atoms. The Bertz CT molecular complexity index is 558. The van der Waals surface area contributed by atoms with Gasteiger partial charge in [0, 0.05) is 12.4 Å². The molecule has 1 aromatic heterocycles. The Morgan fingerprint density at radius 2 is 2.20 bits per heavy atom. The first-order chi connectivity index (χ1) is 9.51. The van der Waals surface area contributed by atoms with Crippen molar-refractivity contribution in [3.63, 3.8) is 0 Å². The van der Waals surface area contributed by atoms with Crippen LogP contribution in [0, 0.1) is 0 Å². The summed E-state index contributed by atoms with van der Waals surface area (Å²) in [5.41, 5.74) is -1.29. The van der Waals surface area contributed by atoms with Gasteiger partial charge in [0.2, 0.25) is 5.69 Å². The minimum absolute atomic E-state index is 0.465. The highest BCUT2D eigenvalue weighted by molar-refractivity contribution is 5.86. The molecule has 0 amide bonds. The van der Waals surface area contributed by atoms with Gasteiger partial charge >= 0.3 is 5.97 Å². The fraction of sp³-hybridized carbons (Fsp3) is 0.545. The molecule has 0 radical (unpaired) electrons. The zero-order valence-electron chi connectivity index (χ0n) is 10.5. The largest absolute Gasteiger partial charge is 0.464 e. The van der Waals surface area contributed by atoms with Crippen LogP contribution in [0.5, 0.6) is 0 Å². The summed E-state index contributed by atoms with van der Waals surface area (Å²) in [5, 5.41) is 28.5. The Kier molecular flexibility index (Phi) is 4.14. The molecule has 3 N–H and O–H groups in total. The van der Waals surface area contributed by atoms with Gasteiger partial charge in [-0.2, -0.15) is 0 Å². The van der Waals surface area contributed by atoms with E-state index in [2.05, 4.69) is 9.72 Å². The fourth-order valence-corrected chi connectivity index (χ4v) is 1.97. The third kappa shape index (κ3) is 2.31. The number of nitrogens with zero attached hydrogens (tertiary/aromatic N) is 2. The summed E-state index contributed by atoms with van der Waals surface area (Å²) in [5.74, 6) is -0.920. The third-order valence-electron chi connectivity index (χ3n) is 3.04. The number of aliphatic hydroxyl groups excluding tert-OH is 3. The van der Waals surface area contributed by atoms with Gasteiger partial charge in [-0.1, -0.05) is 0 Å². The van der Waals surface area contributed by atoms with E-state index in [0.29, 0.717) is 0 Å². The summed E-state index contributed by atoms with van der Waals surface area (Å²) >= 11 is 0. The van der Waals surface area contributed by atoms with Crippen LogP contribution in [0.2, 0.25) is 0 Å². The second kappa shape index (κ2) is 5.67. The summed E-state index contributed by atoms with van der Waals surface area (Å²) in [7, 11) is 1.10. The quantitative estimate of drug-likeness (QED) is 0.526. The summed E-state index contributed by atoms with van der Waals surface area (Å²) in [6.07, 6.45) is -2.63.